The molecule has 0 unspecified atom stereocenters. The molecular weight excluding hydrogens is 354 g/mol. The van der Waals surface area contributed by atoms with Crippen LogP contribution in [0.4, 0.5) is 0 Å². The van der Waals surface area contributed by atoms with E-state index in [0.717, 1.165) is 43.9 Å². The van der Waals surface area contributed by atoms with Gasteiger partial charge in [-0.2, -0.15) is 0 Å². The highest BCUT2D eigenvalue weighted by atomic mass is 16.6. The van der Waals surface area contributed by atoms with E-state index in [9.17, 15) is 14.9 Å². The number of nitrogens with zero attached hydrogens (tertiary/aromatic N) is 1. The number of ether oxygens (including phenoxy) is 1. The van der Waals surface area contributed by atoms with Gasteiger partial charge in [-0.05, 0) is 92.3 Å². The highest BCUT2D eigenvalue weighted by molar-refractivity contribution is 5.66. The van der Waals surface area contributed by atoms with E-state index in [4.69, 9.17) is 4.74 Å². The third-order valence-electron chi connectivity index (χ3n) is 9.94. The molecule has 4 saturated carbocycles. The maximum atomic E-state index is 11.5. The van der Waals surface area contributed by atoms with Crippen LogP contribution >= 0.6 is 0 Å². The van der Waals surface area contributed by atoms with Crippen LogP contribution in [-0.4, -0.2) is 23.0 Å². The van der Waals surface area contributed by atoms with Gasteiger partial charge in [-0.15, -0.1) is 0 Å². The molecule has 0 heterocycles. The lowest BCUT2D eigenvalue weighted by atomic mass is 9.44. The van der Waals surface area contributed by atoms with Crippen LogP contribution in [0.25, 0.3) is 0 Å². The zero-order valence-corrected chi connectivity index (χ0v) is 18.0. The molecule has 4 rings (SSSR count). The molecule has 4 aliphatic rings. The molecule has 0 N–H and O–H groups in total. The second kappa shape index (κ2) is 6.98. The van der Waals surface area contributed by atoms with E-state index in [2.05, 4.69) is 13.8 Å². The van der Waals surface area contributed by atoms with Gasteiger partial charge >= 0.3 is 5.97 Å². The number of hydrogen-bond acceptors (Lipinski definition) is 4. The van der Waals surface area contributed by atoms with Crippen LogP contribution in [0, 0.1) is 50.5 Å². The Labute approximate surface area is 169 Å². The van der Waals surface area contributed by atoms with Crippen molar-refractivity contribution in [2.24, 2.45) is 40.4 Å². The van der Waals surface area contributed by atoms with Crippen molar-refractivity contribution in [1.29, 1.82) is 0 Å². The first-order chi connectivity index (χ1) is 13.2. The van der Waals surface area contributed by atoms with E-state index in [1.807, 2.05) is 6.92 Å². The summed E-state index contributed by atoms with van der Waals surface area (Å²) in [6, 6.07) is -0.419. The molecule has 158 valence electrons. The molecule has 0 aromatic heterocycles. The monoisotopic (exact) mass is 391 g/mol. The average molecular weight is 392 g/mol. The van der Waals surface area contributed by atoms with Crippen molar-refractivity contribution in [3.63, 3.8) is 0 Å². The molecular formula is C23H37NO4. The average Bonchev–Trinajstić information content (AvgIpc) is 2.98. The van der Waals surface area contributed by atoms with Gasteiger partial charge in [0.05, 0.1) is 0 Å². The van der Waals surface area contributed by atoms with E-state index < -0.39 is 6.04 Å². The Morgan fingerprint density at radius 3 is 2.39 bits per heavy atom. The minimum atomic E-state index is -0.419. The van der Waals surface area contributed by atoms with Crippen molar-refractivity contribution in [1.82, 2.24) is 0 Å². The quantitative estimate of drug-likeness (QED) is 0.375. The fourth-order valence-corrected chi connectivity index (χ4v) is 8.54. The predicted molar refractivity (Wildman–Crippen MR) is 107 cm³/mol. The fraction of sp³-hybridized carbons (Fsp3) is 0.957. The van der Waals surface area contributed by atoms with Gasteiger partial charge in [0.15, 0.2) is 0 Å². The first-order valence-electron chi connectivity index (χ1n) is 11.5. The van der Waals surface area contributed by atoms with Gasteiger partial charge in [0, 0.05) is 24.7 Å². The third-order valence-corrected chi connectivity index (χ3v) is 9.94. The Hall–Kier alpha value is -1.13. The summed E-state index contributed by atoms with van der Waals surface area (Å²) >= 11 is 0. The Morgan fingerprint density at radius 2 is 1.71 bits per heavy atom. The summed E-state index contributed by atoms with van der Waals surface area (Å²) in [7, 11) is 0. The number of nitro groups is 1. The largest absolute Gasteiger partial charge is 0.463 e. The molecule has 9 atom stereocenters. The molecule has 0 amide bonds. The summed E-state index contributed by atoms with van der Waals surface area (Å²) in [5.41, 5.74) is 0.499. The van der Waals surface area contributed by atoms with Crippen LogP contribution in [0.5, 0.6) is 0 Å². The molecule has 0 aromatic rings. The Kier molecular flexibility index (Phi) is 5.03. The van der Waals surface area contributed by atoms with Gasteiger partial charge in [0.25, 0.3) is 0 Å². The van der Waals surface area contributed by atoms with Gasteiger partial charge < -0.3 is 4.74 Å². The van der Waals surface area contributed by atoms with Crippen LogP contribution in [0.15, 0.2) is 0 Å². The SMILES string of the molecule is CC(=O)O[C@@H]1CC[C@@]2(C)[C@@H](CC[C@@H]3[C@@H]2CC[C@]2(C)[C@@H]([C@H](C)[N+](=O)[O-])CC[C@@H]32)C1. The van der Waals surface area contributed by atoms with Crippen molar-refractivity contribution in [3.05, 3.63) is 10.1 Å². The topological polar surface area (TPSA) is 69.4 Å². The van der Waals surface area contributed by atoms with E-state index in [0.29, 0.717) is 17.3 Å². The van der Waals surface area contributed by atoms with Gasteiger partial charge in [-0.3, -0.25) is 14.9 Å². The van der Waals surface area contributed by atoms with Gasteiger partial charge in [-0.25, -0.2) is 0 Å². The molecule has 5 heteroatoms. The van der Waals surface area contributed by atoms with Crippen molar-refractivity contribution in [2.45, 2.75) is 97.6 Å². The number of fused-ring (bicyclic) bond motifs is 5. The van der Waals surface area contributed by atoms with Crippen LogP contribution in [0.2, 0.25) is 0 Å². The van der Waals surface area contributed by atoms with Crippen molar-refractivity contribution in [3.8, 4) is 0 Å². The van der Waals surface area contributed by atoms with Gasteiger partial charge in [0.2, 0.25) is 6.04 Å². The predicted octanol–water partition coefficient (Wildman–Crippen LogP) is 5.24. The van der Waals surface area contributed by atoms with Gasteiger partial charge in [-0.1, -0.05) is 13.8 Å². The molecule has 28 heavy (non-hydrogen) atoms. The van der Waals surface area contributed by atoms with Gasteiger partial charge in [0.1, 0.15) is 6.10 Å². The van der Waals surface area contributed by atoms with E-state index in [1.54, 1.807) is 0 Å². The first kappa shape index (κ1) is 20.2. The molecule has 4 fully saturated rings. The standard InChI is InChI=1S/C23H37NO4/c1-14(24(26)27)19-7-8-20-18-6-5-16-13-17(28-15(2)25)9-11-22(16,3)21(18)10-12-23(19,20)4/h14,16-21H,5-13H2,1-4H3/t14-,16-,17+,18-,19+,20-,21-,22-,23+/m0/s1. The highest BCUT2D eigenvalue weighted by Gasteiger charge is 2.62. The maximum Gasteiger partial charge on any atom is 0.302 e. The van der Waals surface area contributed by atoms with E-state index in [1.165, 1.54) is 32.6 Å². The highest BCUT2D eigenvalue weighted by Crippen LogP contribution is 2.68. The summed E-state index contributed by atoms with van der Waals surface area (Å²) in [4.78, 5) is 22.9. The lowest BCUT2D eigenvalue weighted by Crippen LogP contribution is -2.54. The molecule has 0 radical (unpaired) electrons. The van der Waals surface area contributed by atoms with Crippen molar-refractivity contribution in [2.75, 3.05) is 0 Å². The van der Waals surface area contributed by atoms with Crippen LogP contribution in [0.3, 0.4) is 0 Å². The van der Waals surface area contributed by atoms with E-state index >= 15 is 0 Å². The molecule has 0 bridgehead atoms. The maximum absolute atomic E-state index is 11.5. The molecule has 0 aliphatic heterocycles. The Morgan fingerprint density at radius 1 is 1.04 bits per heavy atom. The summed E-state index contributed by atoms with van der Waals surface area (Å²) in [6.45, 7) is 8.23. The summed E-state index contributed by atoms with van der Waals surface area (Å²) in [6.07, 6.45) is 10.4. The lowest BCUT2D eigenvalue weighted by molar-refractivity contribution is -0.531. The number of rotatable bonds is 3. The van der Waals surface area contributed by atoms with E-state index in [-0.39, 0.29) is 28.3 Å². The lowest BCUT2D eigenvalue weighted by Gasteiger charge is -2.61. The minimum Gasteiger partial charge on any atom is -0.463 e. The Bertz CT molecular complexity index is 651. The zero-order valence-electron chi connectivity index (χ0n) is 18.0. The van der Waals surface area contributed by atoms with Crippen molar-refractivity contribution >= 4 is 5.97 Å². The number of carbonyl (C=O) groups excluding carboxylic acids is 1. The fourth-order valence-electron chi connectivity index (χ4n) is 8.54. The third kappa shape index (κ3) is 2.99. The minimum absolute atomic E-state index is 0.0428. The normalized spacial score (nSPS) is 48.7. The van der Waals surface area contributed by atoms with Crippen LogP contribution in [-0.2, 0) is 9.53 Å². The number of carbonyl (C=O) groups is 1. The molecule has 5 nitrogen and oxygen atoms in total. The summed E-state index contributed by atoms with van der Waals surface area (Å²) in [5, 5.41) is 11.5. The molecule has 0 spiro atoms. The van der Waals surface area contributed by atoms with Crippen molar-refractivity contribution < 1.29 is 14.5 Å². The second-order valence-electron chi connectivity index (χ2n) is 10.9. The molecule has 0 saturated heterocycles. The smallest absolute Gasteiger partial charge is 0.302 e. The summed E-state index contributed by atoms with van der Waals surface area (Å²) < 4.78 is 5.57. The zero-order chi connectivity index (χ0) is 20.3. The Balaban J connectivity index is 1.52. The molecule has 0 aromatic carbocycles. The summed E-state index contributed by atoms with van der Waals surface area (Å²) in [5.74, 6) is 2.88. The molecule has 4 aliphatic carbocycles. The number of hydrogen-bond donors (Lipinski definition) is 0. The second-order valence-corrected chi connectivity index (χ2v) is 10.9. The number of esters is 1. The first-order valence-corrected chi connectivity index (χ1v) is 11.5. The van der Waals surface area contributed by atoms with Crippen LogP contribution < -0.4 is 0 Å². The van der Waals surface area contributed by atoms with Crippen LogP contribution in [0.1, 0.15) is 85.5 Å².